The van der Waals surface area contributed by atoms with Crippen LogP contribution in [0.4, 0.5) is 0 Å². The van der Waals surface area contributed by atoms with Crippen LogP contribution in [-0.4, -0.2) is 59.5 Å². The third kappa shape index (κ3) is 3.00. The summed E-state index contributed by atoms with van der Waals surface area (Å²) in [5.41, 5.74) is 0. The summed E-state index contributed by atoms with van der Waals surface area (Å²) in [5, 5.41) is 8.91. The lowest BCUT2D eigenvalue weighted by Crippen LogP contribution is -2.40. The molecule has 1 fully saturated rings. The molecule has 0 aromatic rings. The van der Waals surface area contributed by atoms with Gasteiger partial charge in [0.1, 0.15) is 0 Å². The van der Waals surface area contributed by atoms with Crippen molar-refractivity contribution in [2.75, 3.05) is 26.7 Å². The lowest BCUT2D eigenvalue weighted by molar-refractivity contribution is -0.138. The first-order valence-electron chi connectivity index (χ1n) is 5.20. The fourth-order valence-electron chi connectivity index (χ4n) is 1.49. The average Bonchev–Trinajstić information content (AvgIpc) is 2.54. The molecule has 1 N–H and O–H groups in total. The van der Waals surface area contributed by atoms with Gasteiger partial charge in [-0.2, -0.15) is 0 Å². The Morgan fingerprint density at radius 3 is 2.40 bits per heavy atom. The van der Waals surface area contributed by atoms with Crippen LogP contribution in [0.15, 0.2) is 0 Å². The molecule has 0 bridgehead atoms. The summed E-state index contributed by atoms with van der Waals surface area (Å²) in [6.45, 7) is 3.02. The molecule has 0 saturated carbocycles. The lowest BCUT2D eigenvalue weighted by Gasteiger charge is -2.24. The van der Waals surface area contributed by atoms with Crippen LogP contribution in [0.5, 0.6) is 0 Å². The van der Waals surface area contributed by atoms with Crippen LogP contribution in [0.25, 0.3) is 0 Å². The Morgan fingerprint density at radius 1 is 1.40 bits per heavy atom. The maximum atomic E-state index is 11.3. The Kier molecular flexibility index (Phi) is 4.23. The van der Waals surface area contributed by atoms with Gasteiger partial charge in [0.15, 0.2) is 0 Å². The minimum Gasteiger partial charge on any atom is -0.395 e. The molecule has 0 spiro atoms. The molecule has 5 heteroatoms. The Balaban J connectivity index is 2.36. The van der Waals surface area contributed by atoms with Crippen LogP contribution in [0.1, 0.15) is 19.8 Å². The number of nitrogens with zero attached hydrogens (tertiary/aromatic N) is 2. The maximum Gasteiger partial charge on any atom is 0.229 e. The predicted molar refractivity (Wildman–Crippen MR) is 55.1 cm³/mol. The Hall–Kier alpha value is -0.940. The van der Waals surface area contributed by atoms with Gasteiger partial charge in [-0.05, 0) is 14.0 Å². The van der Waals surface area contributed by atoms with Crippen molar-refractivity contribution in [3.05, 3.63) is 0 Å². The molecular formula is C10H18N2O3. The SMILES string of the molecule is CC(CO)N(C)CCN1C(=O)CCC1=O. The molecule has 1 atom stereocenters. The number of hydrogen-bond acceptors (Lipinski definition) is 4. The van der Waals surface area contributed by atoms with E-state index >= 15 is 0 Å². The quantitative estimate of drug-likeness (QED) is 0.624. The Labute approximate surface area is 89.7 Å². The molecule has 15 heavy (non-hydrogen) atoms. The van der Waals surface area contributed by atoms with E-state index in [1.54, 1.807) is 0 Å². The van der Waals surface area contributed by atoms with Crippen LogP contribution in [0.3, 0.4) is 0 Å². The molecular weight excluding hydrogens is 196 g/mol. The highest BCUT2D eigenvalue weighted by atomic mass is 16.3. The third-order valence-corrected chi connectivity index (χ3v) is 2.85. The molecule has 86 valence electrons. The summed E-state index contributed by atoms with van der Waals surface area (Å²) < 4.78 is 0. The molecule has 1 saturated heterocycles. The molecule has 0 aromatic carbocycles. The van der Waals surface area contributed by atoms with E-state index < -0.39 is 0 Å². The van der Waals surface area contributed by atoms with Crippen LogP contribution >= 0.6 is 0 Å². The number of aliphatic hydroxyl groups is 1. The van der Waals surface area contributed by atoms with Crippen molar-refractivity contribution < 1.29 is 14.7 Å². The van der Waals surface area contributed by atoms with E-state index in [0.717, 1.165) is 0 Å². The number of aliphatic hydroxyl groups excluding tert-OH is 1. The van der Waals surface area contributed by atoms with E-state index in [9.17, 15) is 9.59 Å². The van der Waals surface area contributed by atoms with E-state index in [-0.39, 0.29) is 24.5 Å². The largest absolute Gasteiger partial charge is 0.395 e. The Bertz CT molecular complexity index is 239. The van der Waals surface area contributed by atoms with Gasteiger partial charge in [-0.15, -0.1) is 0 Å². The second-order valence-electron chi connectivity index (χ2n) is 3.95. The topological polar surface area (TPSA) is 60.9 Å². The molecule has 1 unspecified atom stereocenters. The monoisotopic (exact) mass is 214 g/mol. The second-order valence-corrected chi connectivity index (χ2v) is 3.95. The first-order valence-corrected chi connectivity index (χ1v) is 5.20. The van der Waals surface area contributed by atoms with E-state index in [0.29, 0.717) is 25.9 Å². The highest BCUT2D eigenvalue weighted by molar-refractivity contribution is 6.01. The van der Waals surface area contributed by atoms with Crippen molar-refractivity contribution in [3.63, 3.8) is 0 Å². The average molecular weight is 214 g/mol. The minimum atomic E-state index is -0.0787. The summed E-state index contributed by atoms with van der Waals surface area (Å²) in [4.78, 5) is 25.8. The fraction of sp³-hybridized carbons (Fsp3) is 0.800. The number of likely N-dealkylation sites (tertiary alicyclic amines) is 1. The third-order valence-electron chi connectivity index (χ3n) is 2.85. The second kappa shape index (κ2) is 5.23. The van der Waals surface area contributed by atoms with Crippen LogP contribution in [-0.2, 0) is 9.59 Å². The van der Waals surface area contributed by atoms with Gasteiger partial charge >= 0.3 is 0 Å². The number of hydrogen-bond donors (Lipinski definition) is 1. The number of likely N-dealkylation sites (N-methyl/N-ethyl adjacent to an activating group) is 1. The highest BCUT2D eigenvalue weighted by Gasteiger charge is 2.28. The summed E-state index contributed by atoms with van der Waals surface area (Å²) in [6, 6.07) is 0.0535. The van der Waals surface area contributed by atoms with Crippen LogP contribution < -0.4 is 0 Å². The maximum absolute atomic E-state index is 11.3. The molecule has 5 nitrogen and oxygen atoms in total. The predicted octanol–water partition coefficient (Wildman–Crippen LogP) is -0.552. The lowest BCUT2D eigenvalue weighted by atomic mass is 10.3. The van der Waals surface area contributed by atoms with Crippen molar-refractivity contribution in [1.82, 2.24) is 9.80 Å². The molecule has 0 radical (unpaired) electrons. The smallest absolute Gasteiger partial charge is 0.229 e. The zero-order valence-corrected chi connectivity index (χ0v) is 9.27. The summed E-state index contributed by atoms with van der Waals surface area (Å²) >= 11 is 0. The van der Waals surface area contributed by atoms with Crippen molar-refractivity contribution in [2.24, 2.45) is 0 Å². The molecule has 2 amide bonds. The van der Waals surface area contributed by atoms with Gasteiger partial charge in [0, 0.05) is 32.0 Å². The zero-order valence-electron chi connectivity index (χ0n) is 9.27. The van der Waals surface area contributed by atoms with Gasteiger partial charge in [-0.25, -0.2) is 0 Å². The van der Waals surface area contributed by atoms with Crippen molar-refractivity contribution in [1.29, 1.82) is 0 Å². The first kappa shape index (κ1) is 12.1. The standard InChI is InChI=1S/C10H18N2O3/c1-8(7-13)11(2)5-6-12-9(14)3-4-10(12)15/h8,13H,3-7H2,1-2H3. The van der Waals surface area contributed by atoms with Gasteiger partial charge in [-0.1, -0.05) is 0 Å². The van der Waals surface area contributed by atoms with E-state index in [1.165, 1.54) is 4.90 Å². The number of rotatable bonds is 5. The fourth-order valence-corrected chi connectivity index (χ4v) is 1.49. The van der Waals surface area contributed by atoms with Crippen molar-refractivity contribution in [2.45, 2.75) is 25.8 Å². The normalized spacial score (nSPS) is 19.1. The summed E-state index contributed by atoms with van der Waals surface area (Å²) in [7, 11) is 1.87. The van der Waals surface area contributed by atoms with Gasteiger partial charge in [0.25, 0.3) is 0 Å². The van der Waals surface area contributed by atoms with Crippen LogP contribution in [0.2, 0.25) is 0 Å². The van der Waals surface area contributed by atoms with Gasteiger partial charge in [0.2, 0.25) is 11.8 Å². The molecule has 1 aliphatic heterocycles. The van der Waals surface area contributed by atoms with Crippen molar-refractivity contribution in [3.8, 4) is 0 Å². The molecule has 1 heterocycles. The first-order chi connectivity index (χ1) is 7.06. The van der Waals surface area contributed by atoms with E-state index in [4.69, 9.17) is 5.11 Å². The van der Waals surface area contributed by atoms with Gasteiger partial charge in [-0.3, -0.25) is 19.4 Å². The number of carbonyl (C=O) groups excluding carboxylic acids is 2. The molecule has 1 aliphatic rings. The van der Waals surface area contributed by atoms with E-state index in [1.807, 2.05) is 18.9 Å². The van der Waals surface area contributed by atoms with Crippen molar-refractivity contribution >= 4 is 11.8 Å². The highest BCUT2D eigenvalue weighted by Crippen LogP contribution is 2.11. The van der Waals surface area contributed by atoms with Gasteiger partial charge in [0.05, 0.1) is 6.61 Å². The number of carbonyl (C=O) groups is 2. The number of amides is 2. The summed E-state index contributed by atoms with van der Waals surface area (Å²) in [5.74, 6) is -0.157. The Morgan fingerprint density at radius 2 is 1.93 bits per heavy atom. The molecule has 0 aliphatic carbocycles. The van der Waals surface area contributed by atoms with E-state index in [2.05, 4.69) is 0 Å². The molecule has 1 rings (SSSR count). The minimum absolute atomic E-state index is 0.0535. The zero-order chi connectivity index (χ0) is 11.4. The van der Waals surface area contributed by atoms with Crippen LogP contribution in [0, 0.1) is 0 Å². The number of imide groups is 1. The van der Waals surface area contributed by atoms with Gasteiger partial charge < -0.3 is 5.11 Å². The molecule has 0 aromatic heterocycles. The summed E-state index contributed by atoms with van der Waals surface area (Å²) in [6.07, 6.45) is 0.691.